The highest BCUT2D eigenvalue weighted by Crippen LogP contribution is 2.48. The average molecular weight is 546 g/mol. The maximum Gasteiger partial charge on any atom is 0.256 e. The molecule has 0 spiro atoms. The third-order valence-corrected chi connectivity index (χ3v) is 7.57. The number of benzene rings is 3. The average Bonchev–Trinajstić information content (AvgIpc) is 3.33. The van der Waals surface area contributed by atoms with Gasteiger partial charge in [-0.3, -0.25) is 9.59 Å². The number of halogens is 1. The second-order valence-corrected chi connectivity index (χ2v) is 10.7. The van der Waals surface area contributed by atoms with Crippen LogP contribution in [-0.2, 0) is 0 Å². The first-order chi connectivity index (χ1) is 18.8. The van der Waals surface area contributed by atoms with Crippen molar-refractivity contribution >= 4 is 33.3 Å². The van der Waals surface area contributed by atoms with Crippen LogP contribution in [0.1, 0.15) is 37.0 Å². The molecule has 1 fully saturated rings. The predicted molar refractivity (Wildman–Crippen MR) is 159 cm³/mol. The minimum absolute atomic E-state index is 0. The number of fused-ring (bicyclic) bond motifs is 3. The molecule has 1 aromatic heterocycles. The van der Waals surface area contributed by atoms with Gasteiger partial charge in [-0.1, -0.05) is 31.7 Å². The lowest BCUT2D eigenvalue weighted by molar-refractivity contribution is 0.0951. The van der Waals surface area contributed by atoms with Gasteiger partial charge < -0.3 is 30.2 Å². The minimum atomic E-state index is -0.569. The highest BCUT2D eigenvalue weighted by Gasteiger charge is 2.32. The van der Waals surface area contributed by atoms with E-state index in [0.29, 0.717) is 42.3 Å². The van der Waals surface area contributed by atoms with Gasteiger partial charge in [-0.15, -0.1) is 0 Å². The van der Waals surface area contributed by atoms with Crippen LogP contribution in [0.25, 0.3) is 27.4 Å². The number of rotatable bonds is 7. The van der Waals surface area contributed by atoms with E-state index < -0.39 is 17.2 Å². The van der Waals surface area contributed by atoms with E-state index in [0.717, 1.165) is 36.6 Å². The molecular weight excluding hydrogens is 509 g/mol. The van der Waals surface area contributed by atoms with E-state index in [1.165, 1.54) is 6.07 Å². The van der Waals surface area contributed by atoms with Crippen molar-refractivity contribution in [3.8, 4) is 17.2 Å². The third kappa shape index (κ3) is 4.80. The van der Waals surface area contributed by atoms with Gasteiger partial charge in [0.25, 0.3) is 5.91 Å². The fourth-order valence-corrected chi connectivity index (χ4v) is 5.59. The van der Waals surface area contributed by atoms with Gasteiger partial charge in [0.05, 0.1) is 11.1 Å². The molecule has 1 amide bonds. The molecule has 2 aliphatic rings. The Balaban J connectivity index is 0.00000323. The Morgan fingerprint density at radius 1 is 1.18 bits per heavy atom. The number of hydrogen-bond acceptors (Lipinski definition) is 6. The number of carbonyl (C=O) groups is 1. The molecule has 0 bridgehead atoms. The number of nitrogens with one attached hydrogen (secondary N) is 1. The van der Waals surface area contributed by atoms with Crippen LogP contribution < -0.4 is 26.1 Å². The van der Waals surface area contributed by atoms with Gasteiger partial charge >= 0.3 is 0 Å². The molecule has 4 aromatic rings. The monoisotopic (exact) mass is 545 g/mol. The molecule has 9 heteroatoms. The lowest BCUT2D eigenvalue weighted by Crippen LogP contribution is -2.32. The number of carbonyl (C=O) groups excluding carboxylic acids is 1. The lowest BCUT2D eigenvalue weighted by Gasteiger charge is -2.29. The summed E-state index contributed by atoms with van der Waals surface area (Å²) >= 11 is 0. The minimum Gasteiger partial charge on any atom is -0.451 e. The second-order valence-electron chi connectivity index (χ2n) is 10.7. The van der Waals surface area contributed by atoms with Crippen molar-refractivity contribution in [2.45, 2.75) is 32.7 Å². The molecule has 0 saturated carbocycles. The van der Waals surface area contributed by atoms with Gasteiger partial charge in [-0.25, -0.2) is 4.39 Å². The van der Waals surface area contributed by atoms with Gasteiger partial charge in [0.15, 0.2) is 17.3 Å². The molecule has 2 aliphatic heterocycles. The van der Waals surface area contributed by atoms with E-state index in [4.69, 9.17) is 10.5 Å². The molecule has 3 aromatic carbocycles. The van der Waals surface area contributed by atoms with Crippen LogP contribution >= 0.6 is 0 Å². The van der Waals surface area contributed by atoms with Crippen molar-refractivity contribution < 1.29 is 13.9 Å². The molecule has 210 valence electrons. The Kier molecular flexibility index (Phi) is 7.53. The Hall–Kier alpha value is -3.95. The predicted octanol–water partition coefficient (Wildman–Crippen LogP) is 4.63. The van der Waals surface area contributed by atoms with Gasteiger partial charge in [0, 0.05) is 31.9 Å². The highest BCUT2D eigenvalue weighted by atomic mass is 19.1. The zero-order valence-corrected chi connectivity index (χ0v) is 22.2. The van der Waals surface area contributed by atoms with E-state index in [1.807, 2.05) is 55.4 Å². The third-order valence-electron chi connectivity index (χ3n) is 7.57. The van der Waals surface area contributed by atoms with Crippen molar-refractivity contribution in [1.82, 2.24) is 14.8 Å². The quantitative estimate of drug-likeness (QED) is 0.290. The van der Waals surface area contributed by atoms with Crippen LogP contribution in [0, 0.1) is 5.82 Å². The molecule has 0 aliphatic carbocycles. The summed E-state index contributed by atoms with van der Waals surface area (Å²) in [6.07, 6.45) is 4.01. The molecule has 0 radical (unpaired) electrons. The summed E-state index contributed by atoms with van der Waals surface area (Å²) in [7, 11) is 4.00. The normalized spacial score (nSPS) is 15.7. The van der Waals surface area contributed by atoms with Gasteiger partial charge in [0.2, 0.25) is 5.43 Å². The van der Waals surface area contributed by atoms with Crippen LogP contribution in [0.2, 0.25) is 0 Å². The highest BCUT2D eigenvalue weighted by molar-refractivity contribution is 6.02. The fraction of sp³-hybridized carbons (Fsp3) is 0.355. The number of unbranched alkanes of at least 4 members (excludes halogenated alkanes) is 1. The molecule has 3 N–H and O–H groups in total. The summed E-state index contributed by atoms with van der Waals surface area (Å²) in [6, 6.07) is 12.9. The number of anilines is 1. The zero-order chi connectivity index (χ0) is 27.3. The van der Waals surface area contributed by atoms with E-state index in [2.05, 4.69) is 10.2 Å². The smallest absolute Gasteiger partial charge is 0.256 e. The first-order valence-corrected chi connectivity index (χ1v) is 13.4. The summed E-state index contributed by atoms with van der Waals surface area (Å²) in [5.41, 5.74) is 7.01. The van der Waals surface area contributed by atoms with Crippen molar-refractivity contribution in [3.63, 3.8) is 0 Å². The summed E-state index contributed by atoms with van der Waals surface area (Å²) in [5.74, 6) is -0.243. The Labute approximate surface area is 233 Å². The maximum absolute atomic E-state index is 15.8. The number of ether oxygens (including phenoxy) is 1. The number of amides is 1. The molecule has 3 heterocycles. The van der Waals surface area contributed by atoms with E-state index in [-0.39, 0.29) is 30.2 Å². The zero-order valence-electron chi connectivity index (χ0n) is 22.2. The summed E-state index contributed by atoms with van der Waals surface area (Å²) < 4.78 is 24.0. The Morgan fingerprint density at radius 3 is 2.62 bits per heavy atom. The van der Waals surface area contributed by atoms with Crippen molar-refractivity contribution in [2.75, 3.05) is 45.2 Å². The Morgan fingerprint density at radius 2 is 1.93 bits per heavy atom. The standard InChI is InChI=1S/C30H32FN5O3.CH4/c1-34(2)11-6-5-10-33-30(38)22-17-36-24-13-18-7-3-4-8-19(18)14-25(24)39-29-26(36)21(28(22)37)15-23(31)27(29)35-12-9-20(32)16-35;/h3-4,7-8,13-15,17,20H,5-6,9-12,16,32H2,1-2H3,(H,33,38);1H4/t20-;/m0./s1. The van der Waals surface area contributed by atoms with Crippen LogP contribution in [0.15, 0.2) is 53.5 Å². The number of nitrogens with two attached hydrogens (primary N) is 1. The number of nitrogens with zero attached hydrogens (tertiary/aromatic N) is 3. The van der Waals surface area contributed by atoms with Crippen LogP contribution in [0.5, 0.6) is 11.5 Å². The molecule has 0 unspecified atom stereocenters. The first-order valence-electron chi connectivity index (χ1n) is 13.4. The summed E-state index contributed by atoms with van der Waals surface area (Å²) in [5, 5.41) is 4.93. The second kappa shape index (κ2) is 10.9. The van der Waals surface area contributed by atoms with Crippen molar-refractivity contribution in [2.24, 2.45) is 5.73 Å². The van der Waals surface area contributed by atoms with Crippen molar-refractivity contribution in [3.05, 3.63) is 70.3 Å². The molecular formula is C31H36FN5O3. The van der Waals surface area contributed by atoms with Crippen LogP contribution in [0.3, 0.4) is 0 Å². The lowest BCUT2D eigenvalue weighted by atomic mass is 10.0. The SMILES string of the molecule is C.CN(C)CCCCNC(=O)c1cn2c3c(c(N4CC[C@H](N)C4)c(F)cc3c1=O)Oc1cc3ccccc3cc1-2. The Bertz CT molecular complexity index is 1670. The summed E-state index contributed by atoms with van der Waals surface area (Å²) in [6.45, 7) is 2.43. The van der Waals surface area contributed by atoms with Gasteiger partial charge in [-0.05, 0) is 68.9 Å². The van der Waals surface area contributed by atoms with E-state index in [1.54, 1.807) is 10.8 Å². The fourth-order valence-electron chi connectivity index (χ4n) is 5.59. The molecule has 1 saturated heterocycles. The van der Waals surface area contributed by atoms with E-state index in [9.17, 15) is 9.59 Å². The largest absolute Gasteiger partial charge is 0.451 e. The van der Waals surface area contributed by atoms with Gasteiger partial charge in [0.1, 0.15) is 16.8 Å². The summed E-state index contributed by atoms with van der Waals surface area (Å²) in [4.78, 5) is 30.8. The molecule has 8 nitrogen and oxygen atoms in total. The first kappa shape index (κ1) is 27.6. The van der Waals surface area contributed by atoms with E-state index >= 15 is 4.39 Å². The van der Waals surface area contributed by atoms with Crippen molar-refractivity contribution in [1.29, 1.82) is 0 Å². The topological polar surface area (TPSA) is 92.8 Å². The molecule has 1 atom stereocenters. The molecule has 40 heavy (non-hydrogen) atoms. The maximum atomic E-state index is 15.8. The molecule has 6 rings (SSSR count). The van der Waals surface area contributed by atoms with Crippen LogP contribution in [-0.4, -0.2) is 61.7 Å². The van der Waals surface area contributed by atoms with Gasteiger partial charge in [-0.2, -0.15) is 0 Å². The number of hydrogen-bond donors (Lipinski definition) is 2. The van der Waals surface area contributed by atoms with Crippen LogP contribution in [0.4, 0.5) is 10.1 Å². The number of pyridine rings is 1. The number of aromatic nitrogens is 1.